The van der Waals surface area contributed by atoms with Crippen molar-refractivity contribution in [2.24, 2.45) is 0 Å². The van der Waals surface area contributed by atoms with E-state index in [-0.39, 0.29) is 18.3 Å². The minimum atomic E-state index is -1.11. The summed E-state index contributed by atoms with van der Waals surface area (Å²) in [5.74, 6) is -1.10. The van der Waals surface area contributed by atoms with Crippen LogP contribution in [0.2, 0.25) is 0 Å². The van der Waals surface area contributed by atoms with Crippen LogP contribution in [-0.4, -0.2) is 57.9 Å². The molecule has 3 N–H and O–H groups in total. The van der Waals surface area contributed by atoms with Crippen molar-refractivity contribution in [3.63, 3.8) is 0 Å². The molecule has 0 bridgehead atoms. The van der Waals surface area contributed by atoms with Crippen LogP contribution in [-0.2, 0) is 14.4 Å². The van der Waals surface area contributed by atoms with Crippen LogP contribution >= 0.6 is 23.7 Å². The quantitative estimate of drug-likeness (QED) is 0.681. The molecule has 2 rings (SSSR count). The van der Waals surface area contributed by atoms with Crippen molar-refractivity contribution in [2.75, 3.05) is 18.4 Å². The maximum atomic E-state index is 12.5. The zero-order valence-electron chi connectivity index (χ0n) is 12.5. The van der Waals surface area contributed by atoms with Gasteiger partial charge in [0, 0.05) is 11.9 Å². The van der Waals surface area contributed by atoms with Crippen LogP contribution in [0.25, 0.3) is 0 Å². The Kier molecular flexibility index (Phi) is 7.24. The fraction of sp³-hybridized carbons (Fsp3) is 0.538. The van der Waals surface area contributed by atoms with Gasteiger partial charge < -0.3 is 20.6 Å². The normalized spacial score (nSPS) is 18.0. The van der Waals surface area contributed by atoms with E-state index in [0.717, 1.165) is 6.42 Å². The number of nitrogens with one attached hydrogen (secondary N) is 2. The van der Waals surface area contributed by atoms with E-state index in [1.54, 1.807) is 17.8 Å². The Bertz CT molecular complexity index is 554. The first-order valence-electron chi connectivity index (χ1n) is 6.93. The van der Waals surface area contributed by atoms with Crippen LogP contribution in [0, 0.1) is 0 Å². The standard InChI is InChI=1S/C13H18N4O4S.ClH/c1-8(16-10-6-22-7-15-10)13(21)17-4-2-3-9(17)12(20)14-5-11(18)19;/h6-9,16H,2-5H2,1H3,(H,14,20)(H,18,19);1H/t8-,9-;/m0./s1. The maximum absolute atomic E-state index is 12.5. The van der Waals surface area contributed by atoms with Gasteiger partial charge in [0.15, 0.2) is 0 Å². The van der Waals surface area contributed by atoms with Gasteiger partial charge in [-0.25, -0.2) is 4.98 Å². The third kappa shape index (κ3) is 5.07. The second kappa shape index (κ2) is 8.68. The molecule has 0 spiro atoms. The molecule has 2 atom stereocenters. The number of aromatic nitrogens is 1. The van der Waals surface area contributed by atoms with E-state index in [1.165, 1.54) is 16.2 Å². The second-order valence-corrected chi connectivity index (χ2v) is 5.76. The van der Waals surface area contributed by atoms with E-state index in [4.69, 9.17) is 5.11 Å². The topological polar surface area (TPSA) is 112 Å². The van der Waals surface area contributed by atoms with E-state index in [0.29, 0.717) is 18.8 Å². The molecule has 8 nitrogen and oxygen atoms in total. The lowest BCUT2D eigenvalue weighted by Gasteiger charge is -2.27. The summed E-state index contributed by atoms with van der Waals surface area (Å²) < 4.78 is 0. The molecule has 0 unspecified atom stereocenters. The summed E-state index contributed by atoms with van der Waals surface area (Å²) in [4.78, 5) is 40.5. The number of thiazole rings is 1. The number of carboxylic acid groups (broad SMARTS) is 1. The van der Waals surface area contributed by atoms with Crippen molar-refractivity contribution >= 4 is 47.3 Å². The van der Waals surface area contributed by atoms with Gasteiger partial charge in [0.25, 0.3) is 0 Å². The molecule has 0 aliphatic carbocycles. The molecule has 1 fully saturated rings. The van der Waals surface area contributed by atoms with E-state index in [2.05, 4.69) is 15.6 Å². The number of carbonyl (C=O) groups excluding carboxylic acids is 2. The van der Waals surface area contributed by atoms with Gasteiger partial charge in [-0.2, -0.15) is 0 Å². The minimum absolute atomic E-state index is 0. The molecule has 1 saturated heterocycles. The number of likely N-dealkylation sites (tertiary alicyclic amines) is 1. The molecule has 1 aromatic rings. The van der Waals surface area contributed by atoms with Gasteiger partial charge in [-0.1, -0.05) is 0 Å². The molecule has 0 saturated carbocycles. The van der Waals surface area contributed by atoms with Crippen molar-refractivity contribution in [2.45, 2.75) is 31.8 Å². The van der Waals surface area contributed by atoms with Crippen LogP contribution in [0.4, 0.5) is 5.82 Å². The lowest BCUT2D eigenvalue weighted by atomic mass is 10.2. The van der Waals surface area contributed by atoms with Gasteiger partial charge >= 0.3 is 5.97 Å². The molecular weight excluding hydrogens is 344 g/mol. The first-order valence-corrected chi connectivity index (χ1v) is 7.88. The Balaban J connectivity index is 0.00000264. The molecule has 1 aromatic heterocycles. The molecule has 1 aliphatic heterocycles. The highest BCUT2D eigenvalue weighted by Gasteiger charge is 2.36. The summed E-state index contributed by atoms with van der Waals surface area (Å²) in [5.41, 5.74) is 1.66. The lowest BCUT2D eigenvalue weighted by molar-refractivity contribution is -0.141. The summed E-state index contributed by atoms with van der Waals surface area (Å²) in [6.45, 7) is 1.77. The fourth-order valence-electron chi connectivity index (χ4n) is 2.40. The van der Waals surface area contributed by atoms with Gasteiger partial charge in [0.05, 0.1) is 5.51 Å². The number of anilines is 1. The van der Waals surface area contributed by atoms with Gasteiger partial charge in [-0.15, -0.1) is 23.7 Å². The zero-order chi connectivity index (χ0) is 16.1. The summed E-state index contributed by atoms with van der Waals surface area (Å²) in [6, 6.07) is -1.11. The lowest BCUT2D eigenvalue weighted by Crippen LogP contribution is -2.50. The molecule has 2 heterocycles. The zero-order valence-corrected chi connectivity index (χ0v) is 14.2. The van der Waals surface area contributed by atoms with Crippen molar-refractivity contribution in [1.29, 1.82) is 0 Å². The van der Waals surface area contributed by atoms with Crippen molar-refractivity contribution in [1.82, 2.24) is 15.2 Å². The number of carboxylic acids is 1. The van der Waals surface area contributed by atoms with Gasteiger partial charge in [0.2, 0.25) is 11.8 Å². The summed E-state index contributed by atoms with van der Waals surface area (Å²) in [7, 11) is 0. The first-order chi connectivity index (χ1) is 10.5. The monoisotopic (exact) mass is 362 g/mol. The van der Waals surface area contributed by atoms with Crippen molar-refractivity contribution in [3.05, 3.63) is 10.9 Å². The Labute approximate surface area is 143 Å². The van der Waals surface area contributed by atoms with Crippen LogP contribution in [0.5, 0.6) is 0 Å². The average molecular weight is 363 g/mol. The average Bonchev–Trinajstić information content (AvgIpc) is 3.14. The van der Waals surface area contributed by atoms with Gasteiger partial charge in [0.1, 0.15) is 24.4 Å². The van der Waals surface area contributed by atoms with Crippen LogP contribution in [0.3, 0.4) is 0 Å². The SMILES string of the molecule is C[C@H](Nc1cscn1)C(=O)N1CCC[C@H]1C(=O)NCC(=O)O.Cl. The second-order valence-electron chi connectivity index (χ2n) is 5.04. The Morgan fingerprint density at radius 2 is 2.26 bits per heavy atom. The van der Waals surface area contributed by atoms with Crippen molar-refractivity contribution in [3.8, 4) is 0 Å². The number of carbonyl (C=O) groups is 3. The molecular formula is C13H19ClN4O4S. The van der Waals surface area contributed by atoms with Crippen molar-refractivity contribution < 1.29 is 19.5 Å². The highest BCUT2D eigenvalue weighted by molar-refractivity contribution is 7.07. The third-order valence-electron chi connectivity index (χ3n) is 3.42. The smallest absolute Gasteiger partial charge is 0.322 e. The number of hydrogen-bond acceptors (Lipinski definition) is 6. The first kappa shape index (κ1) is 19.2. The Hall–Kier alpha value is -1.87. The number of aliphatic carboxylic acids is 1. The molecule has 128 valence electrons. The molecule has 1 aliphatic rings. The van der Waals surface area contributed by atoms with Crippen LogP contribution in [0.15, 0.2) is 10.9 Å². The van der Waals surface area contributed by atoms with Gasteiger partial charge in [-0.05, 0) is 19.8 Å². The van der Waals surface area contributed by atoms with E-state index < -0.39 is 30.5 Å². The van der Waals surface area contributed by atoms with E-state index in [1.807, 2.05) is 0 Å². The number of hydrogen-bond donors (Lipinski definition) is 3. The number of nitrogens with zero attached hydrogens (tertiary/aromatic N) is 2. The van der Waals surface area contributed by atoms with E-state index >= 15 is 0 Å². The number of amides is 2. The molecule has 10 heteroatoms. The van der Waals surface area contributed by atoms with Crippen LogP contribution < -0.4 is 10.6 Å². The number of halogens is 1. The molecule has 0 aromatic carbocycles. The third-order valence-corrected chi connectivity index (χ3v) is 4.01. The predicted molar refractivity (Wildman–Crippen MR) is 87.8 cm³/mol. The summed E-state index contributed by atoms with van der Waals surface area (Å²) in [6.07, 6.45) is 1.26. The summed E-state index contributed by atoms with van der Waals surface area (Å²) in [5, 5.41) is 15.7. The minimum Gasteiger partial charge on any atom is -0.480 e. The maximum Gasteiger partial charge on any atom is 0.322 e. The number of rotatable bonds is 6. The Morgan fingerprint density at radius 1 is 1.52 bits per heavy atom. The predicted octanol–water partition coefficient (Wildman–Crippen LogP) is 0.557. The fourth-order valence-corrected chi connectivity index (χ4v) is 2.89. The van der Waals surface area contributed by atoms with Crippen LogP contribution in [0.1, 0.15) is 19.8 Å². The molecule has 23 heavy (non-hydrogen) atoms. The Morgan fingerprint density at radius 3 is 2.87 bits per heavy atom. The molecule has 0 radical (unpaired) electrons. The van der Waals surface area contributed by atoms with Gasteiger partial charge in [-0.3, -0.25) is 14.4 Å². The summed E-state index contributed by atoms with van der Waals surface area (Å²) >= 11 is 1.42. The highest BCUT2D eigenvalue weighted by atomic mass is 35.5. The highest BCUT2D eigenvalue weighted by Crippen LogP contribution is 2.19. The largest absolute Gasteiger partial charge is 0.480 e. The molecule has 2 amide bonds. The van der Waals surface area contributed by atoms with E-state index in [9.17, 15) is 14.4 Å².